The molecule has 150 valence electrons. The van der Waals surface area contributed by atoms with Crippen molar-refractivity contribution < 1.29 is 24.3 Å². The molecule has 9 nitrogen and oxygen atoms in total. The lowest BCUT2D eigenvalue weighted by molar-refractivity contribution is -0.117. The van der Waals surface area contributed by atoms with E-state index in [-0.39, 0.29) is 18.5 Å². The number of anilines is 1. The lowest BCUT2D eigenvalue weighted by Crippen LogP contribution is -2.50. The molecule has 1 aliphatic heterocycles. The molecule has 1 aromatic heterocycles. The van der Waals surface area contributed by atoms with E-state index in [1.807, 2.05) is 11.0 Å². The van der Waals surface area contributed by atoms with Crippen molar-refractivity contribution in [1.29, 1.82) is 0 Å². The molecule has 28 heavy (non-hydrogen) atoms. The molecule has 1 aromatic carbocycles. The van der Waals surface area contributed by atoms with Crippen molar-refractivity contribution in [1.82, 2.24) is 15.3 Å². The number of nitrogens with zero attached hydrogens (tertiary/aromatic N) is 2. The second-order valence-corrected chi connectivity index (χ2v) is 7.40. The van der Waals surface area contributed by atoms with Gasteiger partial charge in [-0.1, -0.05) is 6.07 Å². The van der Waals surface area contributed by atoms with E-state index in [1.165, 1.54) is 11.3 Å². The number of nitrogens with one attached hydrogen (secondary N) is 2. The van der Waals surface area contributed by atoms with Gasteiger partial charge in [-0.2, -0.15) is 0 Å². The summed E-state index contributed by atoms with van der Waals surface area (Å²) in [5.74, 6) is -0.706. The Bertz CT molecular complexity index is 876. The number of hydrogen-bond donors (Lipinski definition) is 3. The van der Waals surface area contributed by atoms with Crippen LogP contribution in [0.5, 0.6) is 0 Å². The molecule has 2 heterocycles. The molecular weight excluding hydrogens is 384 g/mol. The molecule has 0 atom stereocenters. The summed E-state index contributed by atoms with van der Waals surface area (Å²) in [4.78, 5) is 39.6. The van der Waals surface area contributed by atoms with E-state index in [0.717, 1.165) is 10.1 Å². The fourth-order valence-electron chi connectivity index (χ4n) is 2.98. The number of benzene rings is 1. The van der Waals surface area contributed by atoms with Gasteiger partial charge in [0.25, 0.3) is 5.91 Å². The highest BCUT2D eigenvalue weighted by molar-refractivity contribution is 7.20. The minimum Gasteiger partial charge on any atom is -0.450 e. The van der Waals surface area contributed by atoms with Crippen LogP contribution in [-0.2, 0) is 9.53 Å². The van der Waals surface area contributed by atoms with Gasteiger partial charge in [-0.15, -0.1) is 11.3 Å². The summed E-state index contributed by atoms with van der Waals surface area (Å²) in [6, 6.07) is 7.06. The molecule has 1 saturated heterocycles. The van der Waals surface area contributed by atoms with Gasteiger partial charge in [0, 0.05) is 36.6 Å². The molecule has 2 aromatic rings. The second kappa shape index (κ2) is 9.00. The Kier molecular flexibility index (Phi) is 6.45. The minimum atomic E-state index is -0.561. The average Bonchev–Trinajstić information content (AvgIpc) is 3.11. The predicted molar refractivity (Wildman–Crippen MR) is 105 cm³/mol. The summed E-state index contributed by atoms with van der Waals surface area (Å²) < 4.78 is 5.82. The number of hydrogen-bond acceptors (Lipinski definition) is 7. The molecule has 3 amide bonds. The number of piperazine rings is 1. The zero-order valence-corrected chi connectivity index (χ0v) is 16.3. The van der Waals surface area contributed by atoms with Gasteiger partial charge in [0.2, 0.25) is 5.91 Å². The van der Waals surface area contributed by atoms with Crippen molar-refractivity contribution in [3.05, 3.63) is 29.1 Å². The zero-order valence-electron chi connectivity index (χ0n) is 15.4. The molecule has 1 aliphatic rings. The standard InChI is InChI=1S/C18H22N4O5S/c1-2-27-18(25)22-7-5-21(6-8-22)11-16(23)19-13-4-3-12-9-15(17(24)20-26)28-14(12)10-13/h3-4,9-10,26H,2,5-8,11H2,1H3,(H,19,23)(H,20,24). The van der Waals surface area contributed by atoms with Crippen LogP contribution in [0.3, 0.4) is 0 Å². The fourth-order valence-corrected chi connectivity index (χ4v) is 3.97. The van der Waals surface area contributed by atoms with E-state index in [9.17, 15) is 14.4 Å². The molecule has 10 heteroatoms. The number of rotatable bonds is 5. The SMILES string of the molecule is CCOC(=O)N1CCN(CC(=O)Nc2ccc3cc(C(=O)NO)sc3c2)CC1. The van der Waals surface area contributed by atoms with Crippen LogP contribution >= 0.6 is 11.3 Å². The van der Waals surface area contributed by atoms with Gasteiger partial charge in [-0.3, -0.25) is 19.7 Å². The molecule has 1 fully saturated rings. The summed E-state index contributed by atoms with van der Waals surface area (Å²) >= 11 is 1.23. The van der Waals surface area contributed by atoms with Crippen LogP contribution < -0.4 is 10.8 Å². The molecule has 0 saturated carbocycles. The summed E-state index contributed by atoms with van der Waals surface area (Å²) in [7, 11) is 0. The largest absolute Gasteiger partial charge is 0.450 e. The molecule has 3 N–H and O–H groups in total. The molecule has 0 aliphatic carbocycles. The summed E-state index contributed by atoms with van der Waals surface area (Å²) in [5.41, 5.74) is 2.25. The first-order valence-corrected chi connectivity index (χ1v) is 9.73. The van der Waals surface area contributed by atoms with Gasteiger partial charge >= 0.3 is 6.09 Å². The van der Waals surface area contributed by atoms with Crippen LogP contribution in [0.15, 0.2) is 24.3 Å². The maximum absolute atomic E-state index is 12.3. The monoisotopic (exact) mass is 406 g/mol. The third kappa shape index (κ3) is 4.77. The Labute approximate surface area is 165 Å². The topological polar surface area (TPSA) is 111 Å². The Balaban J connectivity index is 1.54. The van der Waals surface area contributed by atoms with Crippen LogP contribution in [0, 0.1) is 0 Å². The lowest BCUT2D eigenvalue weighted by Gasteiger charge is -2.33. The quantitative estimate of drug-likeness (QED) is 0.515. The van der Waals surface area contributed by atoms with E-state index in [2.05, 4.69) is 5.32 Å². The fraction of sp³-hybridized carbons (Fsp3) is 0.389. The molecular formula is C18H22N4O5S. The molecule has 0 bridgehead atoms. The average molecular weight is 406 g/mol. The lowest BCUT2D eigenvalue weighted by atomic mass is 10.2. The Morgan fingerprint density at radius 2 is 1.93 bits per heavy atom. The van der Waals surface area contributed by atoms with Crippen LogP contribution in [0.1, 0.15) is 16.6 Å². The van der Waals surface area contributed by atoms with Crippen molar-refractivity contribution in [2.45, 2.75) is 6.92 Å². The van der Waals surface area contributed by atoms with E-state index in [4.69, 9.17) is 9.94 Å². The number of carbonyl (C=O) groups excluding carboxylic acids is 3. The van der Waals surface area contributed by atoms with Gasteiger partial charge in [0.05, 0.1) is 18.0 Å². The number of carbonyl (C=O) groups is 3. The molecule has 0 radical (unpaired) electrons. The van der Waals surface area contributed by atoms with Crippen LogP contribution in [0.25, 0.3) is 10.1 Å². The van der Waals surface area contributed by atoms with Crippen molar-refractivity contribution in [2.75, 3.05) is 44.6 Å². The minimum absolute atomic E-state index is 0.145. The van der Waals surface area contributed by atoms with Crippen LogP contribution in [-0.4, -0.2) is 72.2 Å². The van der Waals surface area contributed by atoms with E-state index >= 15 is 0 Å². The van der Waals surface area contributed by atoms with E-state index < -0.39 is 5.91 Å². The van der Waals surface area contributed by atoms with E-state index in [1.54, 1.807) is 35.5 Å². The predicted octanol–water partition coefficient (Wildman–Crippen LogP) is 1.73. The van der Waals surface area contributed by atoms with Crippen molar-refractivity contribution in [3.8, 4) is 0 Å². The number of thiophene rings is 1. The highest BCUT2D eigenvalue weighted by atomic mass is 32.1. The number of fused-ring (bicyclic) bond motifs is 1. The summed E-state index contributed by atoms with van der Waals surface area (Å²) in [5, 5.41) is 12.5. The summed E-state index contributed by atoms with van der Waals surface area (Å²) in [6.45, 7) is 4.63. The van der Waals surface area contributed by atoms with Crippen LogP contribution in [0.2, 0.25) is 0 Å². The third-order valence-corrected chi connectivity index (χ3v) is 5.49. The highest BCUT2D eigenvalue weighted by Crippen LogP contribution is 2.28. The maximum atomic E-state index is 12.3. The number of hydroxylamine groups is 1. The third-order valence-electron chi connectivity index (χ3n) is 4.39. The molecule has 0 unspecified atom stereocenters. The zero-order chi connectivity index (χ0) is 20.1. The maximum Gasteiger partial charge on any atom is 0.409 e. The highest BCUT2D eigenvalue weighted by Gasteiger charge is 2.23. The summed E-state index contributed by atoms with van der Waals surface area (Å²) in [6.07, 6.45) is -0.315. The van der Waals surface area contributed by atoms with Gasteiger partial charge in [-0.25, -0.2) is 10.3 Å². The first kappa shape index (κ1) is 20.1. The smallest absolute Gasteiger partial charge is 0.409 e. The van der Waals surface area contributed by atoms with Crippen molar-refractivity contribution in [3.63, 3.8) is 0 Å². The van der Waals surface area contributed by atoms with Crippen molar-refractivity contribution in [2.24, 2.45) is 0 Å². The van der Waals surface area contributed by atoms with Gasteiger partial charge in [-0.05, 0) is 30.5 Å². The molecule has 0 spiro atoms. The van der Waals surface area contributed by atoms with Crippen LogP contribution in [0.4, 0.5) is 10.5 Å². The molecule has 3 rings (SSSR count). The number of amides is 3. The Hall–Kier alpha value is -2.69. The van der Waals surface area contributed by atoms with Gasteiger partial charge < -0.3 is 15.0 Å². The Morgan fingerprint density at radius 1 is 1.18 bits per heavy atom. The van der Waals surface area contributed by atoms with Gasteiger partial charge in [0.15, 0.2) is 0 Å². The first-order chi connectivity index (χ1) is 13.5. The Morgan fingerprint density at radius 3 is 2.61 bits per heavy atom. The second-order valence-electron chi connectivity index (χ2n) is 6.31. The van der Waals surface area contributed by atoms with Crippen molar-refractivity contribution >= 4 is 45.0 Å². The number of ether oxygens (including phenoxy) is 1. The first-order valence-electron chi connectivity index (χ1n) is 8.92. The van der Waals surface area contributed by atoms with Gasteiger partial charge in [0.1, 0.15) is 0 Å². The van der Waals surface area contributed by atoms with E-state index in [0.29, 0.717) is 43.4 Å². The normalized spacial score (nSPS) is 14.7.